The molecule has 0 aliphatic carbocycles. The Morgan fingerprint density at radius 1 is 1.38 bits per heavy atom. The SMILES string of the molecule is COCC(=O)O[C@H]1NC(=O)[C@@H]1[C@@H](C)O[Si](C)(C)C(C)(C)C. The fraction of sp³-hybridized carbons (Fsp3) is 0.857. The number of amides is 1. The number of esters is 1. The molecular formula is C14H27NO5Si. The number of methoxy groups -OCH3 is 1. The lowest BCUT2D eigenvalue weighted by Crippen LogP contribution is -2.65. The minimum atomic E-state index is -1.97. The minimum Gasteiger partial charge on any atom is -0.439 e. The van der Waals surface area contributed by atoms with E-state index in [2.05, 4.69) is 39.2 Å². The second-order valence-electron chi connectivity index (χ2n) is 6.96. The molecule has 0 unspecified atom stereocenters. The Kier molecular flexibility index (Phi) is 5.57. The first-order valence-electron chi connectivity index (χ1n) is 7.16. The van der Waals surface area contributed by atoms with Gasteiger partial charge in [-0.25, -0.2) is 4.79 Å². The average Bonchev–Trinajstić information content (AvgIpc) is 2.25. The van der Waals surface area contributed by atoms with E-state index in [1.807, 2.05) is 6.92 Å². The van der Waals surface area contributed by atoms with E-state index in [-0.39, 0.29) is 23.7 Å². The van der Waals surface area contributed by atoms with E-state index in [1.54, 1.807) is 0 Å². The number of carbonyl (C=O) groups excluding carboxylic acids is 2. The van der Waals surface area contributed by atoms with Gasteiger partial charge in [0.05, 0.1) is 6.10 Å². The summed E-state index contributed by atoms with van der Waals surface area (Å²) < 4.78 is 16.1. The first kappa shape index (κ1) is 18.1. The molecule has 21 heavy (non-hydrogen) atoms. The van der Waals surface area contributed by atoms with Gasteiger partial charge in [0.1, 0.15) is 12.5 Å². The van der Waals surface area contributed by atoms with E-state index in [4.69, 9.17) is 13.9 Å². The Bertz CT molecular complexity index is 405. The summed E-state index contributed by atoms with van der Waals surface area (Å²) in [6.45, 7) is 12.4. The van der Waals surface area contributed by atoms with E-state index >= 15 is 0 Å². The highest BCUT2D eigenvalue weighted by Crippen LogP contribution is 2.39. The predicted molar refractivity (Wildman–Crippen MR) is 81.1 cm³/mol. The van der Waals surface area contributed by atoms with Gasteiger partial charge in [-0.15, -0.1) is 0 Å². The van der Waals surface area contributed by atoms with Gasteiger partial charge in [0.15, 0.2) is 14.5 Å². The van der Waals surface area contributed by atoms with E-state index in [9.17, 15) is 9.59 Å². The molecule has 0 spiro atoms. The van der Waals surface area contributed by atoms with Crippen molar-refractivity contribution in [1.82, 2.24) is 5.32 Å². The van der Waals surface area contributed by atoms with Crippen molar-refractivity contribution in [3.8, 4) is 0 Å². The molecule has 1 rings (SSSR count). The van der Waals surface area contributed by atoms with Crippen molar-refractivity contribution in [2.45, 2.75) is 58.2 Å². The predicted octanol–water partition coefficient (Wildman–Crippen LogP) is 1.66. The first-order chi connectivity index (χ1) is 9.49. The van der Waals surface area contributed by atoms with Crippen LogP contribution in [-0.2, 0) is 23.5 Å². The number of nitrogens with one attached hydrogen (secondary N) is 1. The molecule has 1 aliphatic rings. The van der Waals surface area contributed by atoms with E-state index in [0.29, 0.717) is 0 Å². The Morgan fingerprint density at radius 3 is 2.38 bits per heavy atom. The molecule has 0 aromatic heterocycles. The number of hydrogen-bond acceptors (Lipinski definition) is 5. The summed E-state index contributed by atoms with van der Waals surface area (Å²) in [6, 6.07) is 0. The Balaban J connectivity index is 2.65. The van der Waals surface area contributed by atoms with Crippen LogP contribution in [0.5, 0.6) is 0 Å². The molecular weight excluding hydrogens is 290 g/mol. The van der Waals surface area contributed by atoms with Crippen LogP contribution in [-0.4, -0.2) is 46.2 Å². The van der Waals surface area contributed by atoms with Crippen LogP contribution >= 0.6 is 0 Å². The first-order valence-corrected chi connectivity index (χ1v) is 10.1. The lowest BCUT2D eigenvalue weighted by Gasteiger charge is -2.44. The lowest BCUT2D eigenvalue weighted by molar-refractivity contribution is -0.177. The van der Waals surface area contributed by atoms with Crippen molar-refractivity contribution in [3.05, 3.63) is 0 Å². The summed E-state index contributed by atoms with van der Waals surface area (Å²) in [6.07, 6.45) is -0.917. The molecule has 1 fully saturated rings. The molecule has 3 atom stereocenters. The zero-order chi connectivity index (χ0) is 16.4. The molecule has 122 valence electrons. The van der Waals surface area contributed by atoms with Gasteiger partial charge in [-0.2, -0.15) is 0 Å². The molecule has 0 bridgehead atoms. The van der Waals surface area contributed by atoms with Gasteiger partial charge in [0.2, 0.25) is 5.91 Å². The number of β-lactam (4-membered cyclic amide) rings is 1. The highest BCUT2D eigenvalue weighted by Gasteiger charge is 2.49. The van der Waals surface area contributed by atoms with Crippen LogP contribution in [0.4, 0.5) is 0 Å². The maximum atomic E-state index is 11.8. The molecule has 6 nitrogen and oxygen atoms in total. The summed E-state index contributed by atoms with van der Waals surface area (Å²) in [5.74, 6) is -1.09. The van der Waals surface area contributed by atoms with Crippen LogP contribution in [0.15, 0.2) is 0 Å². The fourth-order valence-corrected chi connectivity index (χ4v) is 3.37. The third-order valence-electron chi connectivity index (χ3n) is 4.23. The molecule has 1 aliphatic heterocycles. The van der Waals surface area contributed by atoms with Crippen molar-refractivity contribution >= 4 is 20.2 Å². The monoisotopic (exact) mass is 317 g/mol. The molecule has 1 amide bonds. The van der Waals surface area contributed by atoms with Crippen molar-refractivity contribution in [2.75, 3.05) is 13.7 Å². The molecule has 1 N–H and O–H groups in total. The van der Waals surface area contributed by atoms with Crippen molar-refractivity contribution in [1.29, 1.82) is 0 Å². The normalized spacial score (nSPS) is 24.0. The van der Waals surface area contributed by atoms with E-state index in [0.717, 1.165) is 0 Å². The molecule has 1 saturated heterocycles. The second-order valence-corrected chi connectivity index (χ2v) is 11.7. The highest BCUT2D eigenvalue weighted by atomic mass is 28.4. The Labute approximate surface area is 127 Å². The quantitative estimate of drug-likeness (QED) is 0.458. The standard InChI is InChI=1S/C14H27NO5Si/c1-9(20-21(6,7)14(2,3)4)11-12(17)15-13(11)19-10(16)8-18-5/h9,11,13H,8H2,1-7H3,(H,15,17)/t9-,11+,13-/m1/s1. The van der Waals surface area contributed by atoms with Gasteiger partial charge in [-0.1, -0.05) is 20.8 Å². The minimum absolute atomic E-state index is 0.0592. The number of rotatable bonds is 6. The second kappa shape index (κ2) is 6.45. The maximum absolute atomic E-state index is 11.8. The van der Waals surface area contributed by atoms with E-state index in [1.165, 1.54) is 7.11 Å². The zero-order valence-corrected chi connectivity index (χ0v) is 15.0. The summed E-state index contributed by atoms with van der Waals surface area (Å²) in [4.78, 5) is 23.2. The van der Waals surface area contributed by atoms with Gasteiger partial charge < -0.3 is 19.2 Å². The summed E-state index contributed by atoms with van der Waals surface area (Å²) in [5.41, 5.74) is 0. The van der Waals surface area contributed by atoms with E-state index < -0.39 is 26.4 Å². The number of hydrogen-bond donors (Lipinski definition) is 1. The largest absolute Gasteiger partial charge is 0.439 e. The topological polar surface area (TPSA) is 73.9 Å². The van der Waals surface area contributed by atoms with Gasteiger partial charge in [0, 0.05) is 7.11 Å². The van der Waals surface area contributed by atoms with Crippen LogP contribution < -0.4 is 5.32 Å². The molecule has 0 aromatic rings. The van der Waals surface area contributed by atoms with Crippen LogP contribution in [0, 0.1) is 5.92 Å². The third-order valence-corrected chi connectivity index (χ3v) is 8.80. The van der Waals surface area contributed by atoms with Gasteiger partial charge >= 0.3 is 5.97 Å². The molecule has 0 aromatic carbocycles. The van der Waals surface area contributed by atoms with Crippen molar-refractivity contribution < 1.29 is 23.5 Å². The molecule has 7 heteroatoms. The lowest BCUT2D eigenvalue weighted by atomic mass is 9.93. The summed E-state index contributed by atoms with van der Waals surface area (Å²) in [7, 11) is -0.555. The zero-order valence-electron chi connectivity index (χ0n) is 14.0. The summed E-state index contributed by atoms with van der Waals surface area (Å²) in [5, 5.41) is 2.64. The van der Waals surface area contributed by atoms with Crippen molar-refractivity contribution in [2.24, 2.45) is 5.92 Å². The smallest absolute Gasteiger partial charge is 0.334 e. The average molecular weight is 317 g/mol. The fourth-order valence-electron chi connectivity index (χ4n) is 1.94. The van der Waals surface area contributed by atoms with Crippen LogP contribution in [0.2, 0.25) is 18.1 Å². The molecule has 0 saturated carbocycles. The van der Waals surface area contributed by atoms with Gasteiger partial charge in [-0.3, -0.25) is 4.79 Å². The van der Waals surface area contributed by atoms with Crippen LogP contribution in [0.1, 0.15) is 27.7 Å². The highest BCUT2D eigenvalue weighted by molar-refractivity contribution is 6.74. The Morgan fingerprint density at radius 2 is 1.95 bits per heavy atom. The van der Waals surface area contributed by atoms with Gasteiger partial charge in [-0.05, 0) is 25.1 Å². The third kappa shape index (κ3) is 4.27. The van der Waals surface area contributed by atoms with Crippen LogP contribution in [0.3, 0.4) is 0 Å². The maximum Gasteiger partial charge on any atom is 0.334 e. The van der Waals surface area contributed by atoms with Crippen LogP contribution in [0.25, 0.3) is 0 Å². The van der Waals surface area contributed by atoms with Crippen molar-refractivity contribution in [3.63, 3.8) is 0 Å². The summed E-state index contributed by atoms with van der Waals surface area (Å²) >= 11 is 0. The van der Waals surface area contributed by atoms with Gasteiger partial charge in [0.25, 0.3) is 0 Å². The number of ether oxygens (including phenoxy) is 2. The molecule has 1 heterocycles. The Hall–Kier alpha value is -0.923. The number of carbonyl (C=O) groups is 2. The molecule has 0 radical (unpaired) electrons.